The van der Waals surface area contributed by atoms with Gasteiger partial charge in [0, 0.05) is 23.7 Å². The molecular formula is C12H16O6. The third kappa shape index (κ3) is 0.501. The summed E-state index contributed by atoms with van der Waals surface area (Å²) in [6, 6.07) is 0. The molecule has 0 heterocycles. The van der Waals surface area contributed by atoms with Crippen LogP contribution in [0.4, 0.5) is 0 Å². The molecule has 0 saturated heterocycles. The van der Waals surface area contributed by atoms with Crippen LogP contribution in [0, 0.1) is 23.7 Å². The average molecular weight is 256 g/mol. The fourth-order valence-electron chi connectivity index (χ4n) is 6.68. The molecule has 0 aromatic rings. The Morgan fingerprint density at radius 1 is 0.667 bits per heavy atom. The zero-order chi connectivity index (χ0) is 12.9. The minimum absolute atomic E-state index is 0.114. The first-order valence-corrected chi connectivity index (χ1v) is 6.53. The van der Waals surface area contributed by atoms with Gasteiger partial charge in [-0.1, -0.05) is 0 Å². The molecule has 0 spiro atoms. The lowest BCUT2D eigenvalue weighted by Gasteiger charge is -2.67. The fraction of sp³-hybridized carbons (Fsp3) is 1.00. The molecule has 6 aliphatic rings. The third-order valence-electron chi connectivity index (χ3n) is 7.12. The van der Waals surface area contributed by atoms with Crippen LogP contribution in [-0.2, 0) is 0 Å². The molecule has 18 heavy (non-hydrogen) atoms. The monoisotopic (exact) mass is 256 g/mol. The maximum absolute atomic E-state index is 10.8. The molecule has 6 bridgehead atoms. The Morgan fingerprint density at radius 2 is 1.22 bits per heavy atom. The van der Waals surface area contributed by atoms with E-state index in [1.807, 2.05) is 0 Å². The first-order valence-electron chi connectivity index (χ1n) is 6.53. The van der Waals surface area contributed by atoms with E-state index in [4.69, 9.17) is 0 Å². The van der Waals surface area contributed by atoms with Gasteiger partial charge in [-0.05, 0) is 12.8 Å². The fourth-order valence-corrected chi connectivity index (χ4v) is 6.68. The van der Waals surface area contributed by atoms with Gasteiger partial charge in [-0.25, -0.2) is 0 Å². The van der Waals surface area contributed by atoms with Crippen LogP contribution in [0.1, 0.15) is 12.8 Å². The molecule has 10 unspecified atom stereocenters. The predicted octanol–water partition coefficient (Wildman–Crippen LogP) is -3.05. The average Bonchev–Trinajstić information content (AvgIpc) is 2.49. The van der Waals surface area contributed by atoms with Gasteiger partial charge in [0.25, 0.3) is 0 Å². The number of aliphatic hydroxyl groups is 6. The molecule has 0 aromatic carbocycles. The first kappa shape index (κ1) is 10.5. The number of fused-ring (bicyclic) bond motifs is 1. The van der Waals surface area contributed by atoms with Crippen molar-refractivity contribution in [1.29, 1.82) is 0 Å². The van der Waals surface area contributed by atoms with Gasteiger partial charge in [0.05, 0.1) is 12.2 Å². The molecule has 6 fully saturated rings. The van der Waals surface area contributed by atoms with Crippen LogP contribution in [0.2, 0.25) is 0 Å². The van der Waals surface area contributed by atoms with Gasteiger partial charge < -0.3 is 30.6 Å². The largest absolute Gasteiger partial charge is 0.390 e. The van der Waals surface area contributed by atoms with Gasteiger partial charge in [0.2, 0.25) is 0 Å². The Bertz CT molecular complexity index is 495. The molecule has 100 valence electrons. The lowest BCUT2D eigenvalue weighted by Crippen LogP contribution is -2.87. The summed E-state index contributed by atoms with van der Waals surface area (Å²) in [5.41, 5.74) is -7.27. The van der Waals surface area contributed by atoms with Crippen LogP contribution in [0.5, 0.6) is 0 Å². The summed E-state index contributed by atoms with van der Waals surface area (Å²) in [5, 5.41) is 63.0. The highest BCUT2D eigenvalue weighted by Gasteiger charge is 3.04. The molecule has 0 aliphatic heterocycles. The van der Waals surface area contributed by atoms with Gasteiger partial charge in [0.1, 0.15) is 22.4 Å². The molecule has 6 saturated carbocycles. The van der Waals surface area contributed by atoms with Crippen molar-refractivity contribution in [2.24, 2.45) is 23.7 Å². The molecule has 0 aromatic heterocycles. The van der Waals surface area contributed by atoms with E-state index in [2.05, 4.69) is 0 Å². The Balaban J connectivity index is 1.86. The molecule has 10 atom stereocenters. The zero-order valence-electron chi connectivity index (χ0n) is 9.56. The molecule has 6 heteroatoms. The van der Waals surface area contributed by atoms with Crippen molar-refractivity contribution in [3.05, 3.63) is 0 Å². The second kappa shape index (κ2) is 2.17. The van der Waals surface area contributed by atoms with Crippen molar-refractivity contribution in [3.8, 4) is 0 Å². The van der Waals surface area contributed by atoms with Crippen LogP contribution in [0.3, 0.4) is 0 Å². The summed E-state index contributed by atoms with van der Waals surface area (Å²) < 4.78 is 0. The van der Waals surface area contributed by atoms with E-state index >= 15 is 0 Å². The van der Waals surface area contributed by atoms with Gasteiger partial charge in [-0.15, -0.1) is 0 Å². The smallest absolute Gasteiger partial charge is 0.131 e. The van der Waals surface area contributed by atoms with Crippen molar-refractivity contribution in [2.75, 3.05) is 0 Å². The maximum atomic E-state index is 10.8. The lowest BCUT2D eigenvalue weighted by atomic mass is 9.46. The lowest BCUT2D eigenvalue weighted by molar-refractivity contribution is -0.391. The van der Waals surface area contributed by atoms with Crippen LogP contribution >= 0.6 is 0 Å². The zero-order valence-corrected chi connectivity index (χ0v) is 9.56. The summed E-state index contributed by atoms with van der Waals surface area (Å²) in [7, 11) is 0. The summed E-state index contributed by atoms with van der Waals surface area (Å²) in [4.78, 5) is 0. The summed E-state index contributed by atoms with van der Waals surface area (Å²) >= 11 is 0. The minimum Gasteiger partial charge on any atom is -0.390 e. The topological polar surface area (TPSA) is 121 Å². The second-order valence-electron chi connectivity index (χ2n) is 6.95. The van der Waals surface area contributed by atoms with Gasteiger partial charge >= 0.3 is 0 Å². The molecule has 6 nitrogen and oxygen atoms in total. The highest BCUT2D eigenvalue weighted by molar-refractivity contribution is 5.53. The van der Waals surface area contributed by atoms with E-state index in [-0.39, 0.29) is 12.8 Å². The van der Waals surface area contributed by atoms with Crippen molar-refractivity contribution < 1.29 is 30.6 Å². The first-order chi connectivity index (χ1) is 8.27. The van der Waals surface area contributed by atoms with Crippen molar-refractivity contribution in [2.45, 2.75) is 47.5 Å². The Hall–Kier alpha value is -0.240. The molecule has 0 radical (unpaired) electrons. The van der Waals surface area contributed by atoms with E-state index in [1.165, 1.54) is 0 Å². The van der Waals surface area contributed by atoms with Gasteiger partial charge in [-0.2, -0.15) is 0 Å². The standard InChI is InChI=1S/C12H16O6/c13-5-2-4-7-8-3-1-6(14)10(7,16)11(4,17)12(8,18)9(3,5)15/h3-8,13-18H,1-2H2. The molecule has 0 amide bonds. The normalized spacial score (nSPS) is 82.3. The quantitative estimate of drug-likeness (QED) is 0.274. The molecule has 6 N–H and O–H groups in total. The Kier molecular flexibility index (Phi) is 1.27. The number of rotatable bonds is 0. The van der Waals surface area contributed by atoms with Crippen molar-refractivity contribution in [1.82, 2.24) is 0 Å². The maximum Gasteiger partial charge on any atom is 0.131 e. The minimum atomic E-state index is -1.88. The third-order valence-corrected chi connectivity index (χ3v) is 7.12. The van der Waals surface area contributed by atoms with Gasteiger partial charge in [0.15, 0.2) is 0 Å². The van der Waals surface area contributed by atoms with E-state index in [0.29, 0.717) is 0 Å². The molecule has 6 aliphatic carbocycles. The molecular weight excluding hydrogens is 240 g/mol. The SMILES string of the molecule is OC1CC2C3C4C5CC(O)C2(O)C3(O)C5(O)C14O. The van der Waals surface area contributed by atoms with E-state index in [0.717, 1.165) is 0 Å². The number of hydrogen-bond acceptors (Lipinski definition) is 6. The van der Waals surface area contributed by atoms with Gasteiger partial charge in [-0.3, -0.25) is 0 Å². The van der Waals surface area contributed by atoms with Crippen molar-refractivity contribution in [3.63, 3.8) is 0 Å². The second-order valence-corrected chi connectivity index (χ2v) is 6.95. The van der Waals surface area contributed by atoms with Crippen molar-refractivity contribution >= 4 is 0 Å². The highest BCUT2D eigenvalue weighted by Crippen LogP contribution is 2.87. The summed E-state index contributed by atoms with van der Waals surface area (Å²) in [6.45, 7) is 0. The summed E-state index contributed by atoms with van der Waals surface area (Å²) in [6.07, 6.45) is -1.97. The molecule has 6 rings (SSSR count). The Labute approximate surface area is 102 Å². The number of hydrogen-bond donors (Lipinski definition) is 6. The van der Waals surface area contributed by atoms with E-state index in [1.54, 1.807) is 0 Å². The summed E-state index contributed by atoms with van der Waals surface area (Å²) in [5.74, 6) is -1.71. The number of aliphatic hydroxyl groups excluding tert-OH is 2. The highest BCUT2D eigenvalue weighted by atomic mass is 16.5. The van der Waals surface area contributed by atoms with Crippen LogP contribution in [0.25, 0.3) is 0 Å². The van der Waals surface area contributed by atoms with E-state index < -0.39 is 58.3 Å². The predicted molar refractivity (Wildman–Crippen MR) is 55.0 cm³/mol. The van der Waals surface area contributed by atoms with Crippen LogP contribution in [-0.4, -0.2) is 65.3 Å². The van der Waals surface area contributed by atoms with Crippen LogP contribution < -0.4 is 0 Å². The Morgan fingerprint density at radius 3 is 1.89 bits per heavy atom. The van der Waals surface area contributed by atoms with E-state index in [9.17, 15) is 30.6 Å². The van der Waals surface area contributed by atoms with Crippen LogP contribution in [0.15, 0.2) is 0 Å².